The molecule has 0 bridgehead atoms. The molecule has 4 nitrogen and oxygen atoms in total. The number of hydrogen-bond donors (Lipinski definition) is 1. The average Bonchev–Trinajstić information content (AvgIpc) is 2.65. The molecule has 0 aromatic rings. The number of aliphatic hydroxyl groups is 1. The zero-order valence-electron chi connectivity index (χ0n) is 13.1. The topological polar surface area (TPSA) is 47.9 Å². The van der Waals surface area contributed by atoms with E-state index in [2.05, 4.69) is 13.8 Å². The summed E-state index contributed by atoms with van der Waals surface area (Å²) in [6.45, 7) is 11.8. The van der Waals surface area contributed by atoms with Crippen LogP contribution in [0, 0.1) is 5.92 Å². The second kappa shape index (κ2) is 7.02. The molecule has 114 valence electrons. The summed E-state index contributed by atoms with van der Waals surface area (Å²) in [6.07, 6.45) is 2.63. The average molecular weight is 274 g/mol. The van der Waals surface area contributed by atoms with E-state index in [4.69, 9.17) is 14.2 Å². The highest BCUT2D eigenvalue weighted by molar-refractivity contribution is 4.89. The number of hydrogen-bond acceptors (Lipinski definition) is 4. The fraction of sp³-hybridized carbons (Fsp3) is 1.00. The Morgan fingerprint density at radius 1 is 1.47 bits per heavy atom. The van der Waals surface area contributed by atoms with Crippen molar-refractivity contribution >= 4 is 0 Å². The summed E-state index contributed by atoms with van der Waals surface area (Å²) in [5.41, 5.74) is -0.874. The summed E-state index contributed by atoms with van der Waals surface area (Å²) in [5, 5.41) is 10.6. The lowest BCUT2D eigenvalue weighted by molar-refractivity contribution is -0.170. The Morgan fingerprint density at radius 3 is 2.68 bits per heavy atom. The van der Waals surface area contributed by atoms with Crippen LogP contribution in [0.2, 0.25) is 0 Å². The maximum Gasteiger partial charge on any atom is 0.163 e. The van der Waals surface area contributed by atoms with Gasteiger partial charge < -0.3 is 19.3 Å². The molecule has 0 unspecified atom stereocenters. The third-order valence-corrected chi connectivity index (χ3v) is 3.51. The van der Waals surface area contributed by atoms with Gasteiger partial charge >= 0.3 is 0 Å². The van der Waals surface area contributed by atoms with Crippen LogP contribution in [0.5, 0.6) is 0 Å². The maximum atomic E-state index is 10.6. The van der Waals surface area contributed by atoms with Crippen molar-refractivity contribution in [1.29, 1.82) is 0 Å². The van der Waals surface area contributed by atoms with Crippen molar-refractivity contribution in [3.05, 3.63) is 0 Å². The summed E-state index contributed by atoms with van der Waals surface area (Å²) >= 11 is 0. The minimum absolute atomic E-state index is 0.263. The molecule has 0 amide bonds. The molecule has 4 heteroatoms. The molecule has 1 aliphatic heterocycles. The monoisotopic (exact) mass is 274 g/mol. The van der Waals surface area contributed by atoms with Gasteiger partial charge in [-0.05, 0) is 39.5 Å². The molecule has 1 saturated heterocycles. The molecular weight excluding hydrogens is 244 g/mol. The Hall–Kier alpha value is -0.160. The van der Waals surface area contributed by atoms with Crippen molar-refractivity contribution in [3.63, 3.8) is 0 Å². The van der Waals surface area contributed by atoms with Crippen molar-refractivity contribution in [2.45, 2.75) is 71.4 Å². The van der Waals surface area contributed by atoms with Gasteiger partial charge in [0.25, 0.3) is 0 Å². The third kappa shape index (κ3) is 5.78. The van der Waals surface area contributed by atoms with Crippen LogP contribution < -0.4 is 0 Å². The van der Waals surface area contributed by atoms with Crippen LogP contribution >= 0.6 is 0 Å². The van der Waals surface area contributed by atoms with Gasteiger partial charge in [0.1, 0.15) is 6.10 Å². The van der Waals surface area contributed by atoms with Gasteiger partial charge in [0, 0.05) is 13.2 Å². The largest absolute Gasteiger partial charge is 0.387 e. The SMILES string of the molecule is CCCCOC[C@H](C)C[C@](C)(O)[C@H]1COC(C)(C)O1. The Morgan fingerprint density at radius 2 is 2.16 bits per heavy atom. The molecule has 1 aliphatic rings. The van der Waals surface area contributed by atoms with Crippen molar-refractivity contribution in [2.75, 3.05) is 19.8 Å². The number of rotatable bonds is 8. The minimum Gasteiger partial charge on any atom is -0.387 e. The van der Waals surface area contributed by atoms with Crippen LogP contribution in [0.25, 0.3) is 0 Å². The molecule has 0 saturated carbocycles. The molecule has 0 radical (unpaired) electrons. The second-order valence-electron chi connectivity index (χ2n) is 6.41. The van der Waals surface area contributed by atoms with E-state index in [-0.39, 0.29) is 6.10 Å². The van der Waals surface area contributed by atoms with Crippen molar-refractivity contribution in [3.8, 4) is 0 Å². The lowest BCUT2D eigenvalue weighted by Gasteiger charge is -2.32. The van der Waals surface area contributed by atoms with Gasteiger partial charge in [-0.2, -0.15) is 0 Å². The number of unbranched alkanes of at least 4 members (excludes halogenated alkanes) is 1. The molecule has 0 aromatic carbocycles. The lowest BCUT2D eigenvalue weighted by atomic mass is 9.89. The zero-order chi connectivity index (χ0) is 14.5. The fourth-order valence-electron chi connectivity index (χ4n) is 2.42. The van der Waals surface area contributed by atoms with Gasteiger partial charge in [0.15, 0.2) is 5.79 Å². The van der Waals surface area contributed by atoms with Crippen molar-refractivity contribution in [2.24, 2.45) is 5.92 Å². The first-order valence-corrected chi connectivity index (χ1v) is 7.39. The fourth-order valence-corrected chi connectivity index (χ4v) is 2.42. The zero-order valence-corrected chi connectivity index (χ0v) is 13.1. The van der Waals surface area contributed by atoms with Gasteiger partial charge in [0.05, 0.1) is 12.2 Å². The summed E-state index contributed by atoms with van der Waals surface area (Å²) in [4.78, 5) is 0. The van der Waals surface area contributed by atoms with Gasteiger partial charge in [0.2, 0.25) is 0 Å². The van der Waals surface area contributed by atoms with Crippen LogP contribution in [0.1, 0.15) is 53.9 Å². The Labute approximate surface area is 117 Å². The van der Waals surface area contributed by atoms with E-state index < -0.39 is 11.4 Å². The van der Waals surface area contributed by atoms with E-state index in [0.717, 1.165) is 19.4 Å². The van der Waals surface area contributed by atoms with E-state index in [0.29, 0.717) is 25.6 Å². The first kappa shape index (κ1) is 16.9. The Bertz CT molecular complexity index is 263. The van der Waals surface area contributed by atoms with E-state index in [9.17, 15) is 5.11 Å². The van der Waals surface area contributed by atoms with Gasteiger partial charge in [-0.3, -0.25) is 0 Å². The van der Waals surface area contributed by atoms with E-state index in [1.807, 2.05) is 20.8 Å². The van der Waals surface area contributed by atoms with Crippen molar-refractivity contribution < 1.29 is 19.3 Å². The summed E-state index contributed by atoms with van der Waals surface area (Å²) in [6, 6.07) is 0. The second-order valence-corrected chi connectivity index (χ2v) is 6.41. The van der Waals surface area contributed by atoms with Crippen LogP contribution in [-0.2, 0) is 14.2 Å². The summed E-state index contributed by atoms with van der Waals surface area (Å²) in [5.74, 6) is -0.283. The van der Waals surface area contributed by atoms with E-state index in [1.165, 1.54) is 0 Å². The molecule has 1 heterocycles. The normalized spacial score (nSPS) is 27.2. The smallest absolute Gasteiger partial charge is 0.163 e. The van der Waals surface area contributed by atoms with E-state index in [1.54, 1.807) is 0 Å². The minimum atomic E-state index is -0.874. The summed E-state index contributed by atoms with van der Waals surface area (Å²) in [7, 11) is 0. The molecule has 19 heavy (non-hydrogen) atoms. The molecule has 3 atom stereocenters. The third-order valence-electron chi connectivity index (χ3n) is 3.51. The first-order chi connectivity index (χ1) is 8.77. The highest BCUT2D eigenvalue weighted by Crippen LogP contribution is 2.32. The molecule has 1 rings (SSSR count). The predicted octanol–water partition coefficient (Wildman–Crippen LogP) is 2.73. The van der Waals surface area contributed by atoms with Gasteiger partial charge in [-0.1, -0.05) is 20.3 Å². The molecule has 1 N–H and O–H groups in total. The highest BCUT2D eigenvalue weighted by atomic mass is 16.7. The molecule has 0 aromatic heterocycles. The molecular formula is C15H30O4. The van der Waals surface area contributed by atoms with Gasteiger partial charge in [-0.15, -0.1) is 0 Å². The maximum absolute atomic E-state index is 10.6. The quantitative estimate of drug-likeness (QED) is 0.691. The van der Waals surface area contributed by atoms with Crippen molar-refractivity contribution in [1.82, 2.24) is 0 Å². The van der Waals surface area contributed by atoms with Crippen LogP contribution in [0.15, 0.2) is 0 Å². The lowest BCUT2D eigenvalue weighted by Crippen LogP contribution is -2.43. The van der Waals surface area contributed by atoms with Crippen LogP contribution in [0.4, 0.5) is 0 Å². The Kier molecular flexibility index (Phi) is 6.24. The summed E-state index contributed by atoms with van der Waals surface area (Å²) < 4.78 is 16.9. The highest BCUT2D eigenvalue weighted by Gasteiger charge is 2.43. The van der Waals surface area contributed by atoms with E-state index >= 15 is 0 Å². The Balaban J connectivity index is 2.33. The molecule has 0 spiro atoms. The standard InChI is InChI=1S/C15H30O4/c1-6-7-8-17-10-12(2)9-15(5,16)13-11-18-14(3,4)19-13/h12-13,16H,6-11H2,1-5H3/t12-,13-,15+/m1/s1. The van der Waals surface area contributed by atoms with Gasteiger partial charge in [-0.25, -0.2) is 0 Å². The van der Waals surface area contributed by atoms with Crippen LogP contribution in [-0.4, -0.2) is 42.4 Å². The van der Waals surface area contributed by atoms with Crippen LogP contribution in [0.3, 0.4) is 0 Å². The molecule has 0 aliphatic carbocycles. The predicted molar refractivity (Wildman–Crippen MR) is 75.0 cm³/mol. The first-order valence-electron chi connectivity index (χ1n) is 7.39. The number of ether oxygens (including phenoxy) is 3. The molecule has 1 fully saturated rings.